The van der Waals surface area contributed by atoms with Crippen molar-refractivity contribution in [3.05, 3.63) is 18.0 Å². The number of anilines is 1. The van der Waals surface area contributed by atoms with Gasteiger partial charge in [-0.3, -0.25) is 4.79 Å². The van der Waals surface area contributed by atoms with Gasteiger partial charge in [0, 0.05) is 32.5 Å². The van der Waals surface area contributed by atoms with E-state index in [4.69, 9.17) is 10.5 Å². The highest BCUT2D eigenvalue weighted by molar-refractivity contribution is 5.93. The first-order valence-corrected chi connectivity index (χ1v) is 6.50. The number of nitrogen functional groups attached to an aromatic ring is 1. The van der Waals surface area contributed by atoms with Crippen LogP contribution in [0.25, 0.3) is 0 Å². The van der Waals surface area contributed by atoms with E-state index in [9.17, 15) is 4.79 Å². The van der Waals surface area contributed by atoms with E-state index in [1.807, 2.05) is 11.5 Å². The fourth-order valence-electron chi connectivity index (χ4n) is 1.76. The van der Waals surface area contributed by atoms with Gasteiger partial charge >= 0.3 is 0 Å². The number of carbonyl (C=O) groups is 1. The molecule has 102 valence electrons. The summed E-state index contributed by atoms with van der Waals surface area (Å²) in [7, 11) is 0. The smallest absolute Gasteiger partial charge is 0.267 e. The molecule has 0 aliphatic carbocycles. The first-order chi connectivity index (χ1) is 8.69. The molecule has 18 heavy (non-hydrogen) atoms. The number of nitrogens with one attached hydrogen (secondary N) is 1. The molecule has 1 aromatic heterocycles. The number of hydrogen-bond donors (Lipinski definition) is 2. The second-order valence-electron chi connectivity index (χ2n) is 4.16. The molecule has 1 rings (SSSR count). The Hall–Kier alpha value is -1.49. The first kappa shape index (κ1) is 14.6. The van der Waals surface area contributed by atoms with Crippen LogP contribution in [-0.4, -0.2) is 30.2 Å². The summed E-state index contributed by atoms with van der Waals surface area (Å²) in [4.78, 5) is 12.0. The third-order valence-electron chi connectivity index (χ3n) is 2.57. The molecule has 0 aliphatic rings. The van der Waals surface area contributed by atoms with Crippen LogP contribution >= 0.6 is 0 Å². The van der Waals surface area contributed by atoms with Gasteiger partial charge in [-0.2, -0.15) is 0 Å². The molecular formula is C13H23N3O2. The SMILES string of the molecule is CCCn1cc(N)cc1C(=O)NCCCOCC. The van der Waals surface area contributed by atoms with Gasteiger partial charge in [0.15, 0.2) is 0 Å². The van der Waals surface area contributed by atoms with E-state index in [1.165, 1.54) is 0 Å². The summed E-state index contributed by atoms with van der Waals surface area (Å²) in [5, 5.41) is 2.87. The van der Waals surface area contributed by atoms with Crippen molar-refractivity contribution < 1.29 is 9.53 Å². The quantitative estimate of drug-likeness (QED) is 0.692. The Bertz CT molecular complexity index is 374. The van der Waals surface area contributed by atoms with Crippen molar-refractivity contribution in [2.45, 2.75) is 33.2 Å². The maximum absolute atomic E-state index is 12.0. The fraction of sp³-hybridized carbons (Fsp3) is 0.615. The van der Waals surface area contributed by atoms with Crippen LogP contribution < -0.4 is 11.1 Å². The lowest BCUT2D eigenvalue weighted by atomic mass is 10.3. The molecule has 5 nitrogen and oxygen atoms in total. The van der Waals surface area contributed by atoms with Crippen LogP contribution in [0.15, 0.2) is 12.3 Å². The zero-order valence-electron chi connectivity index (χ0n) is 11.2. The normalized spacial score (nSPS) is 10.6. The second kappa shape index (κ2) is 7.76. The van der Waals surface area contributed by atoms with Gasteiger partial charge in [0.1, 0.15) is 5.69 Å². The van der Waals surface area contributed by atoms with Crippen LogP contribution in [-0.2, 0) is 11.3 Å². The molecule has 3 N–H and O–H groups in total. The average Bonchev–Trinajstić information content (AvgIpc) is 2.70. The van der Waals surface area contributed by atoms with Crippen LogP contribution in [0.5, 0.6) is 0 Å². The van der Waals surface area contributed by atoms with Gasteiger partial charge in [-0.15, -0.1) is 0 Å². The van der Waals surface area contributed by atoms with E-state index in [0.29, 0.717) is 31.1 Å². The van der Waals surface area contributed by atoms with Crippen LogP contribution in [0.2, 0.25) is 0 Å². The van der Waals surface area contributed by atoms with Crippen LogP contribution in [0.4, 0.5) is 5.69 Å². The van der Waals surface area contributed by atoms with Crippen molar-refractivity contribution in [1.29, 1.82) is 0 Å². The van der Waals surface area contributed by atoms with Gasteiger partial charge < -0.3 is 20.4 Å². The predicted octanol–water partition coefficient (Wildman–Crippen LogP) is 1.64. The molecule has 0 radical (unpaired) electrons. The van der Waals surface area contributed by atoms with Gasteiger partial charge in [-0.05, 0) is 25.8 Å². The number of hydrogen-bond acceptors (Lipinski definition) is 3. The van der Waals surface area contributed by atoms with Crippen LogP contribution in [0.1, 0.15) is 37.2 Å². The minimum absolute atomic E-state index is 0.0725. The van der Waals surface area contributed by atoms with Gasteiger partial charge in [0.2, 0.25) is 0 Å². The van der Waals surface area contributed by atoms with Gasteiger partial charge in [0.25, 0.3) is 5.91 Å². The molecule has 1 aromatic rings. The van der Waals surface area contributed by atoms with Crippen molar-refractivity contribution in [2.24, 2.45) is 0 Å². The number of carbonyl (C=O) groups excluding carboxylic acids is 1. The molecule has 0 bridgehead atoms. The summed E-state index contributed by atoms with van der Waals surface area (Å²) in [5.74, 6) is -0.0725. The van der Waals surface area contributed by atoms with Gasteiger partial charge in [-0.25, -0.2) is 0 Å². The summed E-state index contributed by atoms with van der Waals surface area (Å²) in [6.45, 7) is 6.84. The summed E-state index contributed by atoms with van der Waals surface area (Å²) in [6.07, 6.45) is 3.60. The molecule has 0 fully saturated rings. The highest BCUT2D eigenvalue weighted by atomic mass is 16.5. The molecule has 0 atom stereocenters. The van der Waals surface area contributed by atoms with Gasteiger partial charge in [0.05, 0.1) is 5.69 Å². The second-order valence-corrected chi connectivity index (χ2v) is 4.16. The van der Waals surface area contributed by atoms with E-state index in [-0.39, 0.29) is 5.91 Å². The molecule has 0 aliphatic heterocycles. The van der Waals surface area contributed by atoms with E-state index >= 15 is 0 Å². The van der Waals surface area contributed by atoms with E-state index in [1.54, 1.807) is 12.3 Å². The number of aryl methyl sites for hydroxylation is 1. The number of nitrogens with zero attached hydrogens (tertiary/aromatic N) is 1. The number of ether oxygens (including phenoxy) is 1. The zero-order chi connectivity index (χ0) is 13.4. The third-order valence-corrected chi connectivity index (χ3v) is 2.57. The van der Waals surface area contributed by atoms with E-state index < -0.39 is 0 Å². The Morgan fingerprint density at radius 2 is 2.28 bits per heavy atom. The molecule has 0 unspecified atom stereocenters. The first-order valence-electron chi connectivity index (χ1n) is 6.50. The lowest BCUT2D eigenvalue weighted by Crippen LogP contribution is -2.27. The Labute approximate surface area is 108 Å². The Kier molecular flexibility index (Phi) is 6.28. The minimum atomic E-state index is -0.0725. The van der Waals surface area contributed by atoms with E-state index in [0.717, 1.165) is 19.4 Å². The summed E-state index contributed by atoms with van der Waals surface area (Å²) < 4.78 is 7.11. The number of nitrogens with two attached hydrogens (primary N) is 1. The van der Waals surface area contributed by atoms with Crippen LogP contribution in [0, 0.1) is 0 Å². The average molecular weight is 253 g/mol. The summed E-state index contributed by atoms with van der Waals surface area (Å²) in [6, 6.07) is 1.72. The Morgan fingerprint density at radius 1 is 1.50 bits per heavy atom. The van der Waals surface area contributed by atoms with Crippen molar-refractivity contribution in [3.8, 4) is 0 Å². The Balaban J connectivity index is 2.45. The zero-order valence-corrected chi connectivity index (χ0v) is 11.2. The molecular weight excluding hydrogens is 230 g/mol. The van der Waals surface area contributed by atoms with Crippen molar-refractivity contribution >= 4 is 11.6 Å². The van der Waals surface area contributed by atoms with Crippen molar-refractivity contribution in [2.75, 3.05) is 25.5 Å². The Morgan fingerprint density at radius 3 is 2.94 bits per heavy atom. The minimum Gasteiger partial charge on any atom is -0.397 e. The number of rotatable bonds is 8. The molecule has 0 saturated heterocycles. The van der Waals surface area contributed by atoms with Gasteiger partial charge in [-0.1, -0.05) is 6.92 Å². The topological polar surface area (TPSA) is 69.3 Å². The highest BCUT2D eigenvalue weighted by Gasteiger charge is 2.11. The summed E-state index contributed by atoms with van der Waals surface area (Å²) in [5.41, 5.74) is 6.98. The third kappa shape index (κ3) is 4.41. The monoisotopic (exact) mass is 253 g/mol. The molecule has 0 saturated carbocycles. The fourth-order valence-corrected chi connectivity index (χ4v) is 1.76. The lowest BCUT2D eigenvalue weighted by molar-refractivity contribution is 0.0935. The molecule has 1 amide bonds. The molecule has 5 heteroatoms. The largest absolute Gasteiger partial charge is 0.397 e. The summed E-state index contributed by atoms with van der Waals surface area (Å²) >= 11 is 0. The molecule has 0 spiro atoms. The number of amides is 1. The van der Waals surface area contributed by atoms with Crippen molar-refractivity contribution in [3.63, 3.8) is 0 Å². The maximum atomic E-state index is 12.0. The highest BCUT2D eigenvalue weighted by Crippen LogP contribution is 2.11. The maximum Gasteiger partial charge on any atom is 0.267 e. The van der Waals surface area contributed by atoms with E-state index in [2.05, 4.69) is 12.2 Å². The lowest BCUT2D eigenvalue weighted by Gasteiger charge is -2.08. The van der Waals surface area contributed by atoms with Crippen LogP contribution in [0.3, 0.4) is 0 Å². The molecule has 1 heterocycles. The molecule has 0 aromatic carbocycles. The van der Waals surface area contributed by atoms with Crippen molar-refractivity contribution in [1.82, 2.24) is 9.88 Å². The number of aromatic nitrogens is 1. The standard InChI is InChI=1S/C13H23N3O2/c1-3-7-16-10-11(14)9-12(16)13(17)15-6-5-8-18-4-2/h9-10H,3-8,14H2,1-2H3,(H,15,17). The predicted molar refractivity (Wildman–Crippen MR) is 72.6 cm³/mol.